The molecule has 1 heteroatoms. The van der Waals surface area contributed by atoms with Crippen LogP contribution in [0.1, 0.15) is 84.5 Å². The molecule has 0 aromatic heterocycles. The van der Waals surface area contributed by atoms with Crippen molar-refractivity contribution in [2.45, 2.75) is 90.5 Å². The number of hydrogen-bond acceptors (Lipinski definition) is 1. The molecule has 1 aliphatic rings. The van der Waals surface area contributed by atoms with E-state index in [-0.39, 0.29) is 0 Å². The van der Waals surface area contributed by atoms with Crippen LogP contribution in [0, 0.1) is 0 Å². The fourth-order valence-electron chi connectivity index (χ4n) is 3.10. The number of nitrogens with zero attached hydrogens (tertiary/aromatic N) is 1. The van der Waals surface area contributed by atoms with E-state index in [1.54, 1.807) is 0 Å². The molecule has 0 aliphatic carbocycles. The van der Waals surface area contributed by atoms with Crippen molar-refractivity contribution >= 4 is 0 Å². The van der Waals surface area contributed by atoms with Crippen LogP contribution in [0.15, 0.2) is 0 Å². The molecular formula is C16H33N. The Labute approximate surface area is 109 Å². The summed E-state index contributed by atoms with van der Waals surface area (Å²) >= 11 is 0. The summed E-state index contributed by atoms with van der Waals surface area (Å²) in [5.41, 5.74) is 0. The third-order valence-corrected chi connectivity index (χ3v) is 4.27. The van der Waals surface area contributed by atoms with Crippen molar-refractivity contribution in [1.29, 1.82) is 0 Å². The fraction of sp³-hybridized carbons (Fsp3) is 1.00. The average molecular weight is 239 g/mol. The van der Waals surface area contributed by atoms with E-state index in [2.05, 4.69) is 18.7 Å². The van der Waals surface area contributed by atoms with Gasteiger partial charge in [-0.05, 0) is 38.8 Å². The van der Waals surface area contributed by atoms with Gasteiger partial charge in [0, 0.05) is 6.04 Å². The van der Waals surface area contributed by atoms with Crippen LogP contribution in [-0.2, 0) is 0 Å². The molecule has 0 bridgehead atoms. The minimum absolute atomic E-state index is 0.916. The van der Waals surface area contributed by atoms with Gasteiger partial charge < -0.3 is 4.90 Å². The van der Waals surface area contributed by atoms with Gasteiger partial charge in [-0.25, -0.2) is 0 Å². The maximum absolute atomic E-state index is 2.73. The zero-order valence-corrected chi connectivity index (χ0v) is 12.2. The van der Waals surface area contributed by atoms with Crippen molar-refractivity contribution in [2.24, 2.45) is 0 Å². The van der Waals surface area contributed by atoms with E-state index >= 15 is 0 Å². The van der Waals surface area contributed by atoms with Gasteiger partial charge in [-0.2, -0.15) is 0 Å². The zero-order valence-electron chi connectivity index (χ0n) is 12.2. The van der Waals surface area contributed by atoms with Crippen molar-refractivity contribution < 1.29 is 0 Å². The molecule has 1 saturated heterocycles. The SMILES string of the molecule is CCCCCCCCCCN1CCCC1CC. The minimum Gasteiger partial charge on any atom is -0.300 e. The highest BCUT2D eigenvalue weighted by Crippen LogP contribution is 2.20. The second kappa shape index (κ2) is 9.94. The van der Waals surface area contributed by atoms with E-state index in [0.29, 0.717) is 0 Å². The van der Waals surface area contributed by atoms with Crippen molar-refractivity contribution in [3.63, 3.8) is 0 Å². The molecule has 1 unspecified atom stereocenters. The van der Waals surface area contributed by atoms with Gasteiger partial charge in [-0.3, -0.25) is 0 Å². The Morgan fingerprint density at radius 2 is 1.53 bits per heavy atom. The number of hydrogen-bond donors (Lipinski definition) is 0. The first kappa shape index (κ1) is 15.0. The molecule has 1 nitrogen and oxygen atoms in total. The smallest absolute Gasteiger partial charge is 0.00931 e. The maximum atomic E-state index is 2.73. The van der Waals surface area contributed by atoms with E-state index in [4.69, 9.17) is 0 Å². The lowest BCUT2D eigenvalue weighted by molar-refractivity contribution is 0.242. The first-order valence-electron chi connectivity index (χ1n) is 8.12. The average Bonchev–Trinajstić information content (AvgIpc) is 2.80. The Morgan fingerprint density at radius 1 is 0.882 bits per heavy atom. The summed E-state index contributed by atoms with van der Waals surface area (Å²) in [5, 5.41) is 0. The standard InChI is InChI=1S/C16H33N/c1-3-5-6-7-8-9-10-11-14-17-15-12-13-16(17)4-2/h16H,3-15H2,1-2H3. The van der Waals surface area contributed by atoms with Gasteiger partial charge in [0.15, 0.2) is 0 Å². The summed E-state index contributed by atoms with van der Waals surface area (Å²) in [7, 11) is 0. The highest BCUT2D eigenvalue weighted by molar-refractivity contribution is 4.77. The largest absolute Gasteiger partial charge is 0.300 e. The Morgan fingerprint density at radius 3 is 2.18 bits per heavy atom. The van der Waals surface area contributed by atoms with Crippen LogP contribution in [0.25, 0.3) is 0 Å². The molecule has 1 atom stereocenters. The molecule has 0 N–H and O–H groups in total. The predicted molar refractivity (Wildman–Crippen MR) is 77.5 cm³/mol. The number of unbranched alkanes of at least 4 members (excludes halogenated alkanes) is 7. The second-order valence-electron chi connectivity index (χ2n) is 5.72. The van der Waals surface area contributed by atoms with Gasteiger partial charge in [-0.1, -0.05) is 58.8 Å². The van der Waals surface area contributed by atoms with Gasteiger partial charge >= 0.3 is 0 Å². The Balaban J connectivity index is 1.87. The van der Waals surface area contributed by atoms with Crippen LogP contribution in [0.2, 0.25) is 0 Å². The molecule has 0 radical (unpaired) electrons. The molecular weight excluding hydrogens is 206 g/mol. The van der Waals surface area contributed by atoms with Gasteiger partial charge in [-0.15, -0.1) is 0 Å². The monoisotopic (exact) mass is 239 g/mol. The summed E-state index contributed by atoms with van der Waals surface area (Å²) in [5.74, 6) is 0. The summed E-state index contributed by atoms with van der Waals surface area (Å²) < 4.78 is 0. The van der Waals surface area contributed by atoms with Crippen molar-refractivity contribution in [3.05, 3.63) is 0 Å². The molecule has 0 aromatic rings. The van der Waals surface area contributed by atoms with Crippen molar-refractivity contribution in [3.8, 4) is 0 Å². The zero-order chi connectivity index (χ0) is 12.3. The molecule has 0 saturated carbocycles. The Kier molecular flexibility index (Phi) is 8.78. The van der Waals surface area contributed by atoms with Gasteiger partial charge in [0.05, 0.1) is 0 Å². The first-order chi connectivity index (χ1) is 8.38. The van der Waals surface area contributed by atoms with Crippen LogP contribution < -0.4 is 0 Å². The fourth-order valence-corrected chi connectivity index (χ4v) is 3.10. The highest BCUT2D eigenvalue weighted by Gasteiger charge is 2.21. The van der Waals surface area contributed by atoms with Crippen LogP contribution in [0.5, 0.6) is 0 Å². The van der Waals surface area contributed by atoms with Crippen molar-refractivity contribution in [2.75, 3.05) is 13.1 Å². The lowest BCUT2D eigenvalue weighted by Gasteiger charge is -2.22. The summed E-state index contributed by atoms with van der Waals surface area (Å²) in [6.45, 7) is 7.37. The lowest BCUT2D eigenvalue weighted by atomic mass is 10.1. The van der Waals surface area contributed by atoms with Crippen LogP contribution in [-0.4, -0.2) is 24.0 Å². The van der Waals surface area contributed by atoms with Gasteiger partial charge in [0.25, 0.3) is 0 Å². The molecule has 0 amide bonds. The third kappa shape index (κ3) is 6.45. The topological polar surface area (TPSA) is 3.24 Å². The molecule has 0 aromatic carbocycles. The molecule has 0 spiro atoms. The van der Waals surface area contributed by atoms with E-state index in [1.165, 1.54) is 83.7 Å². The Hall–Kier alpha value is -0.0400. The quantitative estimate of drug-likeness (QED) is 0.485. The number of likely N-dealkylation sites (tertiary alicyclic amines) is 1. The van der Waals surface area contributed by atoms with E-state index in [9.17, 15) is 0 Å². The lowest BCUT2D eigenvalue weighted by Crippen LogP contribution is -2.29. The molecule has 1 rings (SSSR count). The highest BCUT2D eigenvalue weighted by atomic mass is 15.2. The Bertz CT molecular complexity index is 167. The van der Waals surface area contributed by atoms with E-state index < -0.39 is 0 Å². The van der Waals surface area contributed by atoms with Crippen LogP contribution >= 0.6 is 0 Å². The van der Waals surface area contributed by atoms with E-state index in [0.717, 1.165) is 6.04 Å². The van der Waals surface area contributed by atoms with Crippen LogP contribution in [0.3, 0.4) is 0 Å². The number of rotatable bonds is 10. The van der Waals surface area contributed by atoms with E-state index in [1.807, 2.05) is 0 Å². The van der Waals surface area contributed by atoms with Gasteiger partial charge in [0.1, 0.15) is 0 Å². The second-order valence-corrected chi connectivity index (χ2v) is 5.72. The van der Waals surface area contributed by atoms with Crippen molar-refractivity contribution in [1.82, 2.24) is 4.90 Å². The van der Waals surface area contributed by atoms with Gasteiger partial charge in [0.2, 0.25) is 0 Å². The molecule has 17 heavy (non-hydrogen) atoms. The summed E-state index contributed by atoms with van der Waals surface area (Å²) in [6.07, 6.45) is 15.8. The third-order valence-electron chi connectivity index (χ3n) is 4.27. The predicted octanol–water partition coefficient (Wildman–Crippen LogP) is 5.00. The van der Waals surface area contributed by atoms with Crippen LogP contribution in [0.4, 0.5) is 0 Å². The molecule has 1 aliphatic heterocycles. The molecule has 1 fully saturated rings. The summed E-state index contributed by atoms with van der Waals surface area (Å²) in [6, 6.07) is 0.916. The molecule has 1 heterocycles. The normalized spacial score (nSPS) is 21.2. The summed E-state index contributed by atoms with van der Waals surface area (Å²) in [4.78, 5) is 2.73. The first-order valence-corrected chi connectivity index (χ1v) is 8.12. The maximum Gasteiger partial charge on any atom is 0.00931 e. The molecule has 102 valence electrons. The minimum atomic E-state index is 0.916.